The maximum Gasteiger partial charge on any atom is 0.251 e. The number of carbonyl (C=O) groups excluding carboxylic acids is 1. The van der Waals surface area contributed by atoms with Crippen molar-refractivity contribution < 1.29 is 22.7 Å². The molecule has 0 atom stereocenters. The number of fused-ring (bicyclic) bond motifs is 8. The van der Waals surface area contributed by atoms with Crippen LogP contribution in [0, 0.1) is 11.6 Å². The Morgan fingerprint density at radius 1 is 0.925 bits per heavy atom. The molecule has 0 saturated heterocycles. The van der Waals surface area contributed by atoms with E-state index in [9.17, 15) is 13.6 Å². The first kappa shape index (κ1) is 23.7. The largest absolute Gasteiger partial charge is 0.497 e. The number of aromatic nitrogens is 4. The molecule has 0 saturated carbocycles. The van der Waals surface area contributed by atoms with Crippen molar-refractivity contribution in [2.45, 2.75) is 6.54 Å². The maximum atomic E-state index is 14.5. The highest BCUT2D eigenvalue weighted by atomic mass is 19.1. The zero-order valence-electron chi connectivity index (χ0n) is 21.0. The third-order valence-electron chi connectivity index (χ3n) is 7.05. The lowest BCUT2D eigenvalue weighted by atomic mass is 9.97. The Morgan fingerprint density at radius 3 is 2.50 bits per heavy atom. The fourth-order valence-electron chi connectivity index (χ4n) is 5.11. The van der Waals surface area contributed by atoms with E-state index in [1.165, 1.54) is 23.1 Å². The predicted molar refractivity (Wildman–Crippen MR) is 145 cm³/mol. The van der Waals surface area contributed by atoms with Gasteiger partial charge >= 0.3 is 0 Å². The number of rotatable bonds is 6. The molecule has 2 bridgehead atoms. The Hall–Kier alpha value is -5.38. The van der Waals surface area contributed by atoms with Gasteiger partial charge in [-0.2, -0.15) is 0 Å². The Labute approximate surface area is 225 Å². The molecule has 8 nitrogen and oxygen atoms in total. The summed E-state index contributed by atoms with van der Waals surface area (Å²) in [5.41, 5.74) is 4.13. The van der Waals surface area contributed by atoms with Gasteiger partial charge in [-0.05, 0) is 76.7 Å². The van der Waals surface area contributed by atoms with Crippen LogP contribution in [0.4, 0.5) is 8.78 Å². The van der Waals surface area contributed by atoms with E-state index in [0.717, 1.165) is 33.2 Å². The fraction of sp³-hybridized carbons (Fsp3) is 0.0667. The number of carbonyl (C=O) groups is 1. The zero-order chi connectivity index (χ0) is 27.4. The molecule has 10 heteroatoms. The molecule has 1 N–H and O–H groups in total. The zero-order valence-corrected chi connectivity index (χ0v) is 21.0. The summed E-state index contributed by atoms with van der Waals surface area (Å²) in [5.74, 6) is -0.907. The van der Waals surface area contributed by atoms with Crippen LogP contribution in [0.15, 0.2) is 83.5 Å². The summed E-state index contributed by atoms with van der Waals surface area (Å²) in [7, 11) is 1.57. The average molecular weight is 536 g/mol. The van der Waals surface area contributed by atoms with Crippen molar-refractivity contribution in [1.82, 2.24) is 25.5 Å². The van der Waals surface area contributed by atoms with Gasteiger partial charge in [0.2, 0.25) is 0 Å². The number of hydrogen-bond donors (Lipinski definition) is 1. The fourth-order valence-corrected chi connectivity index (χ4v) is 5.11. The predicted octanol–water partition coefficient (Wildman–Crippen LogP) is 6.04. The van der Waals surface area contributed by atoms with E-state index in [2.05, 4.69) is 20.8 Å². The number of nitrogens with zero attached hydrogens (tertiary/aromatic N) is 4. The highest BCUT2D eigenvalue weighted by molar-refractivity contribution is 6.26. The van der Waals surface area contributed by atoms with Crippen LogP contribution < -0.4 is 10.1 Å². The van der Waals surface area contributed by atoms with Gasteiger partial charge in [-0.15, -0.1) is 5.10 Å². The number of methoxy groups -OCH3 is 1. The highest BCUT2D eigenvalue weighted by Crippen LogP contribution is 2.42. The molecule has 7 rings (SSSR count). The number of halogens is 2. The van der Waals surface area contributed by atoms with E-state index < -0.39 is 11.6 Å². The van der Waals surface area contributed by atoms with Crippen molar-refractivity contribution in [3.05, 3.63) is 102 Å². The molecule has 4 aromatic carbocycles. The first-order valence-corrected chi connectivity index (χ1v) is 12.4. The molecule has 0 fully saturated rings. The summed E-state index contributed by atoms with van der Waals surface area (Å²) < 4.78 is 40.9. The van der Waals surface area contributed by atoms with Crippen LogP contribution >= 0.6 is 0 Å². The molecule has 3 aromatic heterocycles. The molecule has 0 radical (unpaired) electrons. The van der Waals surface area contributed by atoms with Crippen LogP contribution in [0.2, 0.25) is 0 Å². The molecule has 1 amide bonds. The van der Waals surface area contributed by atoms with Crippen LogP contribution in [0.1, 0.15) is 15.9 Å². The second-order valence-electron chi connectivity index (χ2n) is 9.34. The van der Waals surface area contributed by atoms with Crippen molar-refractivity contribution in [3.8, 4) is 22.6 Å². The molecule has 0 unspecified atom stereocenters. The third-order valence-corrected chi connectivity index (χ3v) is 7.05. The molecule has 196 valence electrons. The van der Waals surface area contributed by atoms with Crippen molar-refractivity contribution in [2.24, 2.45) is 0 Å². The number of furan rings is 2. The Bertz CT molecular complexity index is 2050. The third kappa shape index (κ3) is 3.80. The smallest absolute Gasteiger partial charge is 0.251 e. The average Bonchev–Trinajstić information content (AvgIpc) is 3.72. The van der Waals surface area contributed by atoms with Gasteiger partial charge in [-0.1, -0.05) is 6.07 Å². The molecule has 3 heterocycles. The van der Waals surface area contributed by atoms with Gasteiger partial charge in [0, 0.05) is 50.8 Å². The van der Waals surface area contributed by atoms with Gasteiger partial charge in [-0.25, -0.2) is 13.5 Å². The Balaban J connectivity index is 1.22. The summed E-state index contributed by atoms with van der Waals surface area (Å²) in [6, 6.07) is 19.8. The van der Waals surface area contributed by atoms with Gasteiger partial charge in [0.25, 0.3) is 5.91 Å². The normalized spacial score (nSPS) is 11.6. The van der Waals surface area contributed by atoms with E-state index >= 15 is 0 Å². The van der Waals surface area contributed by atoms with E-state index in [4.69, 9.17) is 9.15 Å². The van der Waals surface area contributed by atoms with Gasteiger partial charge in [0.15, 0.2) is 0 Å². The van der Waals surface area contributed by atoms with Gasteiger partial charge in [0.05, 0.1) is 12.8 Å². The van der Waals surface area contributed by atoms with Crippen molar-refractivity contribution in [3.63, 3.8) is 0 Å². The van der Waals surface area contributed by atoms with Crippen LogP contribution in [0.3, 0.4) is 0 Å². The lowest BCUT2D eigenvalue weighted by molar-refractivity contribution is 0.0951. The van der Waals surface area contributed by atoms with Crippen molar-refractivity contribution >= 4 is 38.6 Å². The van der Waals surface area contributed by atoms with E-state index in [0.29, 0.717) is 39.3 Å². The molecular weight excluding hydrogens is 516 g/mol. The van der Waals surface area contributed by atoms with Crippen molar-refractivity contribution in [2.75, 3.05) is 7.11 Å². The van der Waals surface area contributed by atoms with Gasteiger partial charge in [-0.3, -0.25) is 4.79 Å². The molecule has 0 aliphatic rings. The lowest BCUT2D eigenvalue weighted by Crippen LogP contribution is -2.23. The number of tetrazole rings is 1. The molecule has 40 heavy (non-hydrogen) atoms. The van der Waals surface area contributed by atoms with E-state index in [1.807, 2.05) is 30.3 Å². The molecule has 0 aliphatic carbocycles. The first-order chi connectivity index (χ1) is 19.5. The SMILES string of the molecule is COc1ccc(-n2cnnn2)c(CNC(=O)c2ccc3c(c2)c2oc3c3ccc(-c4ccc(F)cc4F)cc32)c1. The van der Waals surface area contributed by atoms with Crippen LogP contribution in [-0.4, -0.2) is 33.2 Å². The number of ether oxygens (including phenoxy) is 1. The van der Waals surface area contributed by atoms with Crippen molar-refractivity contribution in [1.29, 1.82) is 0 Å². The number of amides is 1. The Morgan fingerprint density at radius 2 is 1.73 bits per heavy atom. The van der Waals surface area contributed by atoms with E-state index in [-0.39, 0.29) is 12.5 Å². The standard InChI is InChI=1S/C30H19F2N5O3/c1-39-20-5-9-27(37-15-34-35-36-37)18(10-20)14-33-30(38)17-3-7-23-25(12-17)29-24-11-16(2-6-22(24)28(23)40-29)21-8-4-19(31)13-26(21)32/h2-13,15H,14H2,1H3,(H,33,38). The topological polar surface area (TPSA) is 95.1 Å². The number of hydrogen-bond acceptors (Lipinski definition) is 6. The monoisotopic (exact) mass is 535 g/mol. The maximum absolute atomic E-state index is 14.5. The summed E-state index contributed by atoms with van der Waals surface area (Å²) in [6.07, 6.45) is 1.48. The minimum absolute atomic E-state index is 0.211. The Kier molecular flexibility index (Phi) is 5.41. The second kappa shape index (κ2) is 9.12. The number of benzene rings is 5. The molecule has 0 aliphatic heterocycles. The summed E-state index contributed by atoms with van der Waals surface area (Å²) in [6.45, 7) is 0.211. The molecular formula is C30H19F2N5O3. The molecule has 7 aromatic rings. The quantitative estimate of drug-likeness (QED) is 0.261. The molecule has 0 spiro atoms. The van der Waals surface area contributed by atoms with Gasteiger partial charge in [0.1, 0.15) is 34.9 Å². The van der Waals surface area contributed by atoms with E-state index in [1.54, 1.807) is 31.4 Å². The lowest BCUT2D eigenvalue weighted by Gasteiger charge is -2.12. The van der Waals surface area contributed by atoms with Crippen LogP contribution in [0.5, 0.6) is 5.75 Å². The first-order valence-electron chi connectivity index (χ1n) is 12.4. The minimum atomic E-state index is -0.639. The summed E-state index contributed by atoms with van der Waals surface area (Å²) in [5, 5.41) is 17.6. The highest BCUT2D eigenvalue weighted by Gasteiger charge is 2.20. The minimum Gasteiger partial charge on any atom is -0.497 e. The number of nitrogens with one attached hydrogen (secondary N) is 1. The van der Waals surface area contributed by atoms with Gasteiger partial charge < -0.3 is 14.5 Å². The van der Waals surface area contributed by atoms with Crippen LogP contribution in [-0.2, 0) is 6.54 Å². The summed E-state index contributed by atoms with van der Waals surface area (Å²) in [4.78, 5) is 13.2. The second-order valence-corrected chi connectivity index (χ2v) is 9.34. The van der Waals surface area contributed by atoms with Crippen LogP contribution in [0.25, 0.3) is 49.5 Å². The summed E-state index contributed by atoms with van der Waals surface area (Å²) >= 11 is 0.